The normalized spacial score (nSPS) is 38.8. The fourth-order valence-electron chi connectivity index (χ4n) is 2.24. The summed E-state index contributed by atoms with van der Waals surface area (Å²) in [6.45, 7) is 3.03. The summed E-state index contributed by atoms with van der Waals surface area (Å²) >= 11 is 0. The number of hydrogen-bond donors (Lipinski definition) is 1. The molecule has 0 spiro atoms. The number of aliphatic carboxylic acids is 1. The van der Waals surface area contributed by atoms with Gasteiger partial charge in [0.1, 0.15) is 0 Å². The Hall–Kier alpha value is 0.0274. The van der Waals surface area contributed by atoms with Crippen molar-refractivity contribution in [3.63, 3.8) is 0 Å². The molecular formula is C8H13LiNO2+. The van der Waals surface area contributed by atoms with Crippen molar-refractivity contribution in [2.75, 3.05) is 19.6 Å². The third kappa shape index (κ3) is 1.68. The third-order valence-corrected chi connectivity index (χ3v) is 2.97. The van der Waals surface area contributed by atoms with Gasteiger partial charge in [0, 0.05) is 6.54 Å². The van der Waals surface area contributed by atoms with E-state index in [0.717, 1.165) is 32.5 Å². The van der Waals surface area contributed by atoms with E-state index in [0.29, 0.717) is 5.92 Å². The number of piperidine rings is 3. The molecule has 3 fully saturated rings. The van der Waals surface area contributed by atoms with Crippen LogP contribution in [0.4, 0.5) is 0 Å². The predicted molar refractivity (Wildman–Crippen MR) is 40.3 cm³/mol. The minimum Gasteiger partial charge on any atom is -0.481 e. The SMILES string of the molecule is O=C(O)C1CN2CCC1CC2.[Li+]. The van der Waals surface area contributed by atoms with E-state index < -0.39 is 5.97 Å². The summed E-state index contributed by atoms with van der Waals surface area (Å²) in [4.78, 5) is 13.0. The number of fused-ring (bicyclic) bond motifs is 3. The molecular weight excluding hydrogens is 149 g/mol. The van der Waals surface area contributed by atoms with Crippen molar-refractivity contribution in [2.45, 2.75) is 12.8 Å². The van der Waals surface area contributed by atoms with E-state index in [1.165, 1.54) is 0 Å². The molecule has 0 amide bonds. The van der Waals surface area contributed by atoms with Crippen LogP contribution >= 0.6 is 0 Å². The van der Waals surface area contributed by atoms with Gasteiger partial charge in [-0.1, -0.05) is 0 Å². The van der Waals surface area contributed by atoms with Crippen molar-refractivity contribution < 1.29 is 28.8 Å². The Bertz CT molecular complexity index is 178. The Labute approximate surface area is 84.3 Å². The molecule has 0 aliphatic carbocycles. The second-order valence-electron chi connectivity index (χ2n) is 3.58. The molecule has 3 heterocycles. The van der Waals surface area contributed by atoms with Gasteiger partial charge in [0.2, 0.25) is 0 Å². The van der Waals surface area contributed by atoms with Crippen molar-refractivity contribution in [2.24, 2.45) is 11.8 Å². The summed E-state index contributed by atoms with van der Waals surface area (Å²) in [5.41, 5.74) is 0. The number of carboxylic acid groups (broad SMARTS) is 1. The number of rotatable bonds is 1. The topological polar surface area (TPSA) is 40.5 Å². The smallest absolute Gasteiger partial charge is 0.481 e. The van der Waals surface area contributed by atoms with Crippen molar-refractivity contribution in [1.29, 1.82) is 0 Å². The molecule has 0 radical (unpaired) electrons. The quantitative estimate of drug-likeness (QED) is 0.430. The first-order valence-corrected chi connectivity index (χ1v) is 4.22. The molecule has 0 aromatic carbocycles. The van der Waals surface area contributed by atoms with Gasteiger partial charge in [-0.15, -0.1) is 0 Å². The van der Waals surface area contributed by atoms with E-state index >= 15 is 0 Å². The number of hydrogen-bond acceptors (Lipinski definition) is 2. The average Bonchev–Trinajstić information content (AvgIpc) is 2.06. The van der Waals surface area contributed by atoms with Gasteiger partial charge in [0.25, 0.3) is 0 Å². The van der Waals surface area contributed by atoms with Crippen molar-refractivity contribution in [1.82, 2.24) is 4.90 Å². The van der Waals surface area contributed by atoms with Crippen LogP contribution in [0.1, 0.15) is 12.8 Å². The van der Waals surface area contributed by atoms with Crippen LogP contribution in [0.5, 0.6) is 0 Å². The van der Waals surface area contributed by atoms with Crippen LogP contribution in [0.2, 0.25) is 0 Å². The zero-order valence-electron chi connectivity index (χ0n) is 7.49. The Morgan fingerprint density at radius 3 is 2.17 bits per heavy atom. The minimum atomic E-state index is -0.598. The van der Waals surface area contributed by atoms with Crippen LogP contribution in [-0.2, 0) is 4.79 Å². The van der Waals surface area contributed by atoms with E-state index in [-0.39, 0.29) is 24.8 Å². The average molecular weight is 162 g/mol. The molecule has 3 saturated heterocycles. The van der Waals surface area contributed by atoms with Crippen molar-refractivity contribution in [3.8, 4) is 0 Å². The Kier molecular flexibility index (Phi) is 3.22. The largest absolute Gasteiger partial charge is 1.00 e. The van der Waals surface area contributed by atoms with Gasteiger partial charge in [0.15, 0.2) is 0 Å². The number of carbonyl (C=O) groups is 1. The molecule has 3 aliphatic heterocycles. The molecule has 0 saturated carbocycles. The van der Waals surface area contributed by atoms with Crippen LogP contribution in [0, 0.1) is 11.8 Å². The predicted octanol–water partition coefficient (Wildman–Crippen LogP) is -2.58. The Balaban J connectivity index is 0.000000720. The van der Waals surface area contributed by atoms with E-state index in [1.807, 2.05) is 0 Å². The molecule has 4 heteroatoms. The standard InChI is InChI=1S/C8H13NO2.Li/c10-8(11)7-5-9-3-1-6(7)2-4-9;/h6-7H,1-5H2,(H,10,11);/q;+1. The molecule has 62 valence electrons. The summed E-state index contributed by atoms with van der Waals surface area (Å²) in [5.74, 6) is -0.200. The van der Waals surface area contributed by atoms with Crippen LogP contribution in [-0.4, -0.2) is 35.6 Å². The van der Waals surface area contributed by atoms with Crippen molar-refractivity contribution >= 4 is 5.97 Å². The van der Waals surface area contributed by atoms with E-state index in [4.69, 9.17) is 5.11 Å². The molecule has 1 atom stereocenters. The fraction of sp³-hybridized carbons (Fsp3) is 0.875. The first-order chi connectivity index (χ1) is 5.27. The fourth-order valence-corrected chi connectivity index (χ4v) is 2.24. The van der Waals surface area contributed by atoms with Crippen LogP contribution < -0.4 is 18.9 Å². The molecule has 3 nitrogen and oxygen atoms in total. The van der Waals surface area contributed by atoms with Gasteiger partial charge in [-0.2, -0.15) is 0 Å². The summed E-state index contributed by atoms with van der Waals surface area (Å²) < 4.78 is 0. The summed E-state index contributed by atoms with van der Waals surface area (Å²) in [6, 6.07) is 0. The maximum Gasteiger partial charge on any atom is 1.00 e. The first-order valence-electron chi connectivity index (χ1n) is 4.22. The van der Waals surface area contributed by atoms with Crippen LogP contribution in [0.3, 0.4) is 0 Å². The molecule has 3 aliphatic rings. The van der Waals surface area contributed by atoms with Gasteiger partial charge in [-0.3, -0.25) is 4.79 Å². The maximum absolute atomic E-state index is 10.7. The number of nitrogens with zero attached hydrogens (tertiary/aromatic N) is 1. The summed E-state index contributed by atoms with van der Waals surface area (Å²) in [5, 5.41) is 8.83. The molecule has 1 unspecified atom stereocenters. The Morgan fingerprint density at radius 2 is 1.92 bits per heavy atom. The van der Waals surface area contributed by atoms with Crippen LogP contribution in [0.15, 0.2) is 0 Å². The van der Waals surface area contributed by atoms with Gasteiger partial charge in [-0.05, 0) is 31.8 Å². The maximum atomic E-state index is 10.7. The number of carboxylic acids is 1. The Morgan fingerprint density at radius 1 is 1.33 bits per heavy atom. The zero-order valence-corrected chi connectivity index (χ0v) is 7.49. The van der Waals surface area contributed by atoms with Gasteiger partial charge in [-0.25, -0.2) is 0 Å². The second-order valence-corrected chi connectivity index (χ2v) is 3.58. The molecule has 0 aromatic heterocycles. The summed E-state index contributed by atoms with van der Waals surface area (Å²) in [6.07, 6.45) is 2.19. The van der Waals surface area contributed by atoms with E-state index in [2.05, 4.69) is 4.90 Å². The molecule has 0 aromatic rings. The molecule has 12 heavy (non-hydrogen) atoms. The van der Waals surface area contributed by atoms with Crippen molar-refractivity contribution in [3.05, 3.63) is 0 Å². The summed E-state index contributed by atoms with van der Waals surface area (Å²) in [7, 11) is 0. The van der Waals surface area contributed by atoms with Crippen LogP contribution in [0.25, 0.3) is 0 Å². The van der Waals surface area contributed by atoms with E-state index in [1.54, 1.807) is 0 Å². The molecule has 2 bridgehead atoms. The monoisotopic (exact) mass is 162 g/mol. The first kappa shape index (κ1) is 10.1. The molecule has 1 N–H and O–H groups in total. The molecule has 3 rings (SSSR count). The van der Waals surface area contributed by atoms with Gasteiger partial charge in [0.05, 0.1) is 5.92 Å². The van der Waals surface area contributed by atoms with E-state index in [9.17, 15) is 4.79 Å². The second kappa shape index (κ2) is 3.82. The minimum absolute atomic E-state index is 0. The van der Waals surface area contributed by atoms with Gasteiger partial charge >= 0.3 is 24.8 Å². The van der Waals surface area contributed by atoms with Gasteiger partial charge < -0.3 is 10.0 Å². The third-order valence-electron chi connectivity index (χ3n) is 2.97. The zero-order chi connectivity index (χ0) is 7.84.